The molecule has 18 heavy (non-hydrogen) atoms. The minimum Gasteiger partial charge on any atom is -0.358 e. The molecule has 0 atom stereocenters. The van der Waals surface area contributed by atoms with Crippen LogP contribution < -0.4 is 5.43 Å². The molecule has 2 rings (SSSR count). The molecular weight excluding hydrogens is 286 g/mol. The topological polar surface area (TPSA) is 72.4 Å². The van der Waals surface area contributed by atoms with E-state index in [2.05, 4.69) is 35.2 Å². The SMILES string of the molecule is CC.N#Cc1c[nH]c2c(S)[nH]c(=S)c(S)c2c1=O. The van der Waals surface area contributed by atoms with Gasteiger partial charge in [0.15, 0.2) is 0 Å². The molecule has 0 spiro atoms. The predicted molar refractivity (Wildman–Crippen MR) is 80.3 cm³/mol. The number of nitrogens with zero attached hydrogens (tertiary/aromatic N) is 1. The third kappa shape index (κ3) is 2.46. The van der Waals surface area contributed by atoms with Crippen molar-refractivity contribution in [3.8, 4) is 6.07 Å². The molecule has 0 fully saturated rings. The Morgan fingerprint density at radius 2 is 2.00 bits per heavy atom. The van der Waals surface area contributed by atoms with Crippen LogP contribution in [0.1, 0.15) is 19.4 Å². The second kappa shape index (κ2) is 6.09. The molecule has 2 heterocycles. The Hall–Kier alpha value is -1.23. The first-order valence-corrected chi connectivity index (χ1v) is 6.46. The summed E-state index contributed by atoms with van der Waals surface area (Å²) in [6.07, 6.45) is 1.34. The molecule has 0 aliphatic rings. The van der Waals surface area contributed by atoms with Gasteiger partial charge in [-0.1, -0.05) is 26.1 Å². The van der Waals surface area contributed by atoms with Crippen molar-refractivity contribution in [1.82, 2.24) is 9.97 Å². The van der Waals surface area contributed by atoms with Gasteiger partial charge in [0.1, 0.15) is 16.3 Å². The van der Waals surface area contributed by atoms with Gasteiger partial charge in [0.25, 0.3) is 0 Å². The molecule has 0 amide bonds. The summed E-state index contributed by atoms with van der Waals surface area (Å²) in [5.74, 6) is 0. The van der Waals surface area contributed by atoms with Crippen LogP contribution in [-0.2, 0) is 0 Å². The fourth-order valence-corrected chi connectivity index (χ4v) is 2.21. The second-order valence-corrected chi connectivity index (χ2v) is 4.35. The number of fused-ring (bicyclic) bond motifs is 1. The summed E-state index contributed by atoms with van der Waals surface area (Å²) in [5, 5.41) is 9.49. The van der Waals surface area contributed by atoms with E-state index >= 15 is 0 Å². The molecule has 7 heteroatoms. The van der Waals surface area contributed by atoms with Crippen molar-refractivity contribution in [2.75, 3.05) is 0 Å². The number of hydrogen-bond donors (Lipinski definition) is 4. The Kier molecular flexibility index (Phi) is 5.02. The van der Waals surface area contributed by atoms with Crippen LogP contribution in [-0.4, -0.2) is 9.97 Å². The standard InChI is InChI=1S/C9H5N3OS3.C2H6/c10-1-3-2-11-5-4(6(3)13)7(14)9(16)12-8(5)15;1-2/h2,14H,(H,11,13)(H2,12,15,16);1-2H3. The van der Waals surface area contributed by atoms with Crippen molar-refractivity contribution >= 4 is 48.4 Å². The van der Waals surface area contributed by atoms with Crippen LogP contribution in [0.25, 0.3) is 10.9 Å². The molecule has 0 aliphatic heterocycles. The summed E-state index contributed by atoms with van der Waals surface area (Å²) in [5.41, 5.74) is 0.124. The predicted octanol–water partition coefficient (Wildman–Crippen LogP) is 3.06. The summed E-state index contributed by atoms with van der Waals surface area (Å²) in [7, 11) is 0. The van der Waals surface area contributed by atoms with Crippen LogP contribution in [0, 0.1) is 16.0 Å². The fraction of sp³-hybridized carbons (Fsp3) is 0.182. The zero-order valence-corrected chi connectivity index (χ0v) is 12.3. The zero-order chi connectivity index (χ0) is 13.9. The monoisotopic (exact) mass is 297 g/mol. The minimum absolute atomic E-state index is 0.0242. The summed E-state index contributed by atoms with van der Waals surface area (Å²) < 4.78 is 0.321. The number of aromatic nitrogens is 2. The van der Waals surface area contributed by atoms with Crippen molar-refractivity contribution in [3.63, 3.8) is 0 Å². The van der Waals surface area contributed by atoms with E-state index in [-0.39, 0.29) is 10.9 Å². The van der Waals surface area contributed by atoms with E-state index in [4.69, 9.17) is 17.5 Å². The third-order valence-corrected chi connectivity index (χ3v) is 3.36. The van der Waals surface area contributed by atoms with E-state index in [9.17, 15) is 4.79 Å². The van der Waals surface area contributed by atoms with Gasteiger partial charge in [-0.3, -0.25) is 4.79 Å². The van der Waals surface area contributed by atoms with Gasteiger partial charge in [-0.25, -0.2) is 0 Å². The number of H-pyrrole nitrogens is 2. The van der Waals surface area contributed by atoms with E-state index in [0.717, 1.165) is 0 Å². The number of hydrogen-bond acceptors (Lipinski definition) is 5. The van der Waals surface area contributed by atoms with E-state index < -0.39 is 5.43 Å². The molecule has 0 saturated carbocycles. The number of nitrogens with one attached hydrogen (secondary N) is 2. The average molecular weight is 297 g/mol. The van der Waals surface area contributed by atoms with Gasteiger partial charge in [0, 0.05) is 6.20 Å². The van der Waals surface area contributed by atoms with Crippen molar-refractivity contribution in [2.45, 2.75) is 23.8 Å². The smallest absolute Gasteiger partial charge is 0.208 e. The lowest BCUT2D eigenvalue weighted by Gasteiger charge is -2.04. The van der Waals surface area contributed by atoms with Gasteiger partial charge in [0.2, 0.25) is 5.43 Å². The second-order valence-electron chi connectivity index (χ2n) is 3.04. The van der Waals surface area contributed by atoms with Crippen LogP contribution in [0.4, 0.5) is 0 Å². The van der Waals surface area contributed by atoms with Crippen molar-refractivity contribution in [1.29, 1.82) is 5.26 Å². The zero-order valence-electron chi connectivity index (χ0n) is 9.74. The van der Waals surface area contributed by atoms with E-state index in [0.29, 0.717) is 20.1 Å². The summed E-state index contributed by atoms with van der Waals surface area (Å²) in [6, 6.07) is 1.81. The van der Waals surface area contributed by atoms with Gasteiger partial charge in [-0.2, -0.15) is 5.26 Å². The highest BCUT2D eigenvalue weighted by Crippen LogP contribution is 2.22. The van der Waals surface area contributed by atoms with Crippen molar-refractivity contribution < 1.29 is 0 Å². The Bertz CT molecular complexity index is 740. The molecule has 2 aromatic heterocycles. The van der Waals surface area contributed by atoms with Crippen LogP contribution in [0.5, 0.6) is 0 Å². The largest absolute Gasteiger partial charge is 0.358 e. The normalized spacial score (nSPS) is 9.50. The molecule has 94 valence electrons. The minimum atomic E-state index is -0.392. The summed E-state index contributed by atoms with van der Waals surface area (Å²) in [4.78, 5) is 17.9. The lowest BCUT2D eigenvalue weighted by Crippen LogP contribution is -2.09. The first-order valence-electron chi connectivity index (χ1n) is 5.16. The van der Waals surface area contributed by atoms with Crippen LogP contribution in [0.2, 0.25) is 0 Å². The van der Waals surface area contributed by atoms with E-state index in [1.807, 2.05) is 13.8 Å². The number of thiol groups is 2. The van der Waals surface area contributed by atoms with Gasteiger partial charge in [-0.05, 0) is 0 Å². The molecule has 0 aromatic carbocycles. The molecule has 0 aliphatic carbocycles. The summed E-state index contributed by atoms with van der Waals surface area (Å²) in [6.45, 7) is 4.00. The Morgan fingerprint density at radius 3 is 2.56 bits per heavy atom. The fourth-order valence-electron chi connectivity index (χ4n) is 1.37. The molecule has 0 bridgehead atoms. The maximum Gasteiger partial charge on any atom is 0.208 e. The van der Waals surface area contributed by atoms with Crippen LogP contribution in [0.3, 0.4) is 0 Å². The van der Waals surface area contributed by atoms with Gasteiger partial charge in [-0.15, -0.1) is 25.3 Å². The van der Waals surface area contributed by atoms with E-state index in [1.165, 1.54) is 6.20 Å². The number of nitriles is 1. The molecule has 0 radical (unpaired) electrons. The highest BCUT2D eigenvalue weighted by Gasteiger charge is 2.11. The maximum absolute atomic E-state index is 11.9. The van der Waals surface area contributed by atoms with Gasteiger partial charge in [0.05, 0.1) is 20.8 Å². The molecule has 0 saturated heterocycles. The Labute approximate surface area is 120 Å². The Balaban J connectivity index is 0.000000771. The number of pyridine rings is 2. The maximum atomic E-state index is 11.9. The van der Waals surface area contributed by atoms with Crippen molar-refractivity contribution in [3.05, 3.63) is 26.6 Å². The quantitative estimate of drug-likeness (QED) is 0.446. The van der Waals surface area contributed by atoms with Gasteiger partial charge < -0.3 is 9.97 Å². The lowest BCUT2D eigenvalue weighted by molar-refractivity contribution is 1.09. The molecule has 4 nitrogen and oxygen atoms in total. The molecular formula is C11H11N3OS3. The first-order chi connectivity index (χ1) is 8.56. The number of aromatic amines is 2. The highest BCUT2D eigenvalue weighted by molar-refractivity contribution is 7.81. The first kappa shape index (κ1) is 14.8. The lowest BCUT2D eigenvalue weighted by atomic mass is 10.2. The molecule has 0 unspecified atom stereocenters. The van der Waals surface area contributed by atoms with Crippen LogP contribution >= 0.6 is 37.5 Å². The van der Waals surface area contributed by atoms with Crippen molar-refractivity contribution in [2.24, 2.45) is 0 Å². The molecule has 2 N–H and O–H groups in total. The summed E-state index contributed by atoms with van der Waals surface area (Å²) >= 11 is 13.3. The van der Waals surface area contributed by atoms with Crippen LogP contribution in [0.15, 0.2) is 20.9 Å². The highest BCUT2D eigenvalue weighted by atomic mass is 32.1. The number of rotatable bonds is 0. The van der Waals surface area contributed by atoms with E-state index in [1.54, 1.807) is 6.07 Å². The Morgan fingerprint density at radius 1 is 1.39 bits per heavy atom. The third-order valence-electron chi connectivity index (χ3n) is 2.12. The van der Waals surface area contributed by atoms with Gasteiger partial charge >= 0.3 is 0 Å². The molecule has 2 aromatic rings. The average Bonchev–Trinajstić information content (AvgIpc) is 2.38.